The van der Waals surface area contributed by atoms with Gasteiger partial charge in [-0.1, -0.05) is 0 Å². The fourth-order valence-electron chi connectivity index (χ4n) is 5.15. The number of nitrogens with zero attached hydrogens (tertiary/aromatic N) is 2. The van der Waals surface area contributed by atoms with Gasteiger partial charge in [-0.15, -0.1) is 0 Å². The number of hydrogen-bond acceptors (Lipinski definition) is 15. The molecule has 2 rings (SSSR count). The van der Waals surface area contributed by atoms with E-state index < -0.39 is 113 Å². The summed E-state index contributed by atoms with van der Waals surface area (Å²) in [5, 5.41) is 78.5. The zero-order valence-corrected chi connectivity index (χ0v) is 44.6. The molecule has 2 aromatic carbocycles. The lowest BCUT2D eigenvalue weighted by Gasteiger charge is -2.29. The van der Waals surface area contributed by atoms with Crippen LogP contribution in [0.4, 0.5) is 11.4 Å². The number of hydrogen-bond donors (Lipinski definition) is 11. The van der Waals surface area contributed by atoms with Crippen LogP contribution in [0, 0.1) is 21.4 Å². The highest BCUT2D eigenvalue weighted by Gasteiger charge is 2.36. The van der Waals surface area contributed by atoms with Gasteiger partial charge < -0.3 is 71.5 Å². The van der Waals surface area contributed by atoms with Crippen LogP contribution in [0.1, 0.15) is 41.4 Å². The summed E-state index contributed by atoms with van der Waals surface area (Å²) >= 11 is 10.8. The predicted molar refractivity (Wildman–Crippen MR) is 267 cm³/mol. The van der Waals surface area contributed by atoms with Crippen molar-refractivity contribution in [3.8, 4) is 0 Å². The average Bonchev–Trinajstić information content (AvgIpc) is 3.19. The highest BCUT2D eigenvalue weighted by molar-refractivity contribution is 14.1. The van der Waals surface area contributed by atoms with Gasteiger partial charge in [0.1, 0.15) is 6.61 Å². The van der Waals surface area contributed by atoms with Crippen LogP contribution >= 0.6 is 136 Å². The summed E-state index contributed by atoms with van der Waals surface area (Å²) in [6.07, 6.45) is -4.06. The molecule has 11 N–H and O–H groups in total. The van der Waals surface area contributed by atoms with Crippen molar-refractivity contribution < 1.29 is 69.2 Å². The summed E-state index contributed by atoms with van der Waals surface area (Å²) in [6, 6.07) is 0. The molecule has 0 aliphatic rings. The van der Waals surface area contributed by atoms with Crippen LogP contribution in [0.2, 0.25) is 0 Å². The summed E-state index contributed by atoms with van der Waals surface area (Å²) in [6.45, 7) is -5.55. The second kappa shape index (κ2) is 27.1. The third-order valence-electron chi connectivity index (χ3n) is 8.02. The van der Waals surface area contributed by atoms with Gasteiger partial charge in [0.15, 0.2) is 5.78 Å². The van der Waals surface area contributed by atoms with Gasteiger partial charge in [0.05, 0.1) is 96.6 Å². The minimum absolute atomic E-state index is 0.0385. The molecule has 0 saturated heterocycles. The Hall–Kier alpha value is -0.520. The van der Waals surface area contributed by atoms with E-state index >= 15 is 0 Å². The van der Waals surface area contributed by atoms with Crippen LogP contribution < -0.4 is 26.2 Å². The van der Waals surface area contributed by atoms with Crippen LogP contribution in [0.5, 0.6) is 0 Å². The number of aliphatic hydroxyl groups excluding tert-OH is 7. The zero-order chi connectivity index (χ0) is 45.6. The molecule has 2 aromatic rings. The van der Waals surface area contributed by atoms with Crippen LogP contribution in [0.3, 0.4) is 0 Å². The van der Waals surface area contributed by atoms with Gasteiger partial charge in [-0.25, -0.2) is 0 Å². The topological polar surface area (TPSA) is 308 Å². The third kappa shape index (κ3) is 14.5. The van der Waals surface area contributed by atoms with Crippen molar-refractivity contribution in [1.82, 2.24) is 20.9 Å². The number of ether oxygens (including phenoxy) is 1. The summed E-state index contributed by atoms with van der Waals surface area (Å²) in [5.41, 5.74) is -0.518. The van der Waals surface area contributed by atoms with Crippen LogP contribution in [0.25, 0.3) is 0 Å². The number of carbonyl (C=O) groups is 6. The lowest BCUT2D eigenvalue weighted by molar-refractivity contribution is -0.119. The molecule has 0 radical (unpaired) electrons. The Kier molecular flexibility index (Phi) is 25.1. The van der Waals surface area contributed by atoms with Crippen molar-refractivity contribution in [2.24, 2.45) is 0 Å². The van der Waals surface area contributed by atoms with Gasteiger partial charge in [0.2, 0.25) is 11.8 Å². The highest BCUT2D eigenvalue weighted by Crippen LogP contribution is 2.40. The number of rotatable bonds is 23. The third-order valence-corrected chi connectivity index (χ3v) is 14.4. The second-order valence-corrected chi connectivity index (χ2v) is 18.9. The van der Waals surface area contributed by atoms with E-state index in [0.29, 0.717) is 0 Å². The molecular formula is C34H42I6N6O14. The molecule has 26 heteroatoms. The van der Waals surface area contributed by atoms with Crippen molar-refractivity contribution in [2.75, 3.05) is 96.7 Å². The standard InChI is InChI=1S/C34H42I6N6O14/c1-41-7-19(56)46(31-28(39)21(32(57)42-5-14(51)10-48)25(36)22(29(31)40)33(58)43-6-15(52)11-49)9-17(54)20-24(35)23(34(59)45(3-4-47)8-16(53)12-50)27(38)30(26(20)37)44-18(55)13-60-2/h14-16,41,47-53H,3-13H2,1-2H3,(H,42,57)(H,43,58)(H,44,55). The molecule has 0 saturated carbocycles. The number of carbonyl (C=O) groups excluding carboxylic acids is 6. The normalized spacial score (nSPS) is 12.7. The zero-order valence-electron chi connectivity index (χ0n) is 31.7. The molecule has 3 unspecified atom stereocenters. The number of Topliss-reactive ketones (excluding diaryl/α,β-unsaturated/α-hetero) is 1. The quantitative estimate of drug-likeness (QED) is 0.0484. The van der Waals surface area contributed by atoms with Crippen molar-refractivity contribution in [3.05, 3.63) is 43.7 Å². The maximum Gasteiger partial charge on any atom is 0.256 e. The molecule has 0 aliphatic heterocycles. The lowest BCUT2D eigenvalue weighted by atomic mass is 10.0. The number of aliphatic hydroxyl groups is 7. The van der Waals surface area contributed by atoms with E-state index in [1.807, 2.05) is 45.2 Å². The summed E-state index contributed by atoms with van der Waals surface area (Å²) in [4.78, 5) is 85.7. The van der Waals surface area contributed by atoms with Gasteiger partial charge >= 0.3 is 0 Å². The number of halogens is 6. The number of amides is 5. The number of benzene rings is 2. The fourth-order valence-corrected chi connectivity index (χ4v) is 14.4. The van der Waals surface area contributed by atoms with Crippen LogP contribution in [0.15, 0.2) is 0 Å². The first kappa shape index (κ1) is 55.6. The van der Waals surface area contributed by atoms with Gasteiger partial charge in [0, 0.05) is 49.6 Å². The summed E-state index contributed by atoms with van der Waals surface area (Å²) < 4.78 is 5.66. The Bertz CT molecular complexity index is 1880. The second-order valence-electron chi connectivity index (χ2n) is 12.4. The molecule has 0 bridgehead atoms. The number of methoxy groups -OCH3 is 1. The molecule has 0 heterocycles. The molecule has 5 amide bonds. The first-order valence-electron chi connectivity index (χ1n) is 17.3. The SMILES string of the molecule is CNCC(=O)N(CC(=O)c1c(I)c(NC(=O)COC)c(I)c(C(=O)N(CCO)CC(O)CO)c1I)c1c(I)c(C(=O)NCC(O)CO)c(I)c(C(=O)NCC(O)CO)c1I. The molecule has 3 atom stereocenters. The molecule has 0 fully saturated rings. The van der Waals surface area contributed by atoms with E-state index in [1.54, 1.807) is 90.4 Å². The Morgan fingerprint density at radius 2 is 1.17 bits per heavy atom. The van der Waals surface area contributed by atoms with E-state index in [1.165, 1.54) is 14.2 Å². The number of anilines is 2. The molecule has 0 aliphatic carbocycles. The number of ketones is 1. The minimum Gasteiger partial charge on any atom is -0.395 e. The summed E-state index contributed by atoms with van der Waals surface area (Å²) in [7, 11) is 2.76. The predicted octanol–water partition coefficient (Wildman–Crippen LogP) is -0.712. The van der Waals surface area contributed by atoms with Crippen molar-refractivity contribution in [1.29, 1.82) is 0 Å². The Morgan fingerprint density at radius 1 is 0.683 bits per heavy atom. The molecule has 20 nitrogen and oxygen atoms in total. The number of likely N-dealkylation sites (N-methyl/N-ethyl adjacent to an activating group) is 1. The van der Waals surface area contributed by atoms with E-state index in [9.17, 15) is 64.5 Å². The monoisotopic (exact) mass is 1520 g/mol. The lowest BCUT2D eigenvalue weighted by Crippen LogP contribution is -2.43. The largest absolute Gasteiger partial charge is 0.395 e. The minimum atomic E-state index is -1.38. The van der Waals surface area contributed by atoms with Gasteiger partial charge in [0.25, 0.3) is 17.7 Å². The summed E-state index contributed by atoms with van der Waals surface area (Å²) in [5.74, 6) is -4.52. The van der Waals surface area contributed by atoms with Crippen LogP contribution in [-0.2, 0) is 14.3 Å². The smallest absolute Gasteiger partial charge is 0.256 e. The Balaban J connectivity index is 3.05. The van der Waals surface area contributed by atoms with E-state index in [-0.39, 0.29) is 68.1 Å². The molecule has 0 aromatic heterocycles. The first-order valence-corrected chi connectivity index (χ1v) is 23.8. The first-order chi connectivity index (χ1) is 28.3. The molecule has 60 heavy (non-hydrogen) atoms. The number of nitrogens with one attached hydrogen (secondary N) is 4. The van der Waals surface area contributed by atoms with Crippen molar-refractivity contribution in [3.63, 3.8) is 0 Å². The molecule has 0 spiro atoms. The fraction of sp³-hybridized carbons (Fsp3) is 0.471. The van der Waals surface area contributed by atoms with Crippen molar-refractivity contribution >= 4 is 182 Å². The Morgan fingerprint density at radius 3 is 1.62 bits per heavy atom. The van der Waals surface area contributed by atoms with Gasteiger partial charge in [-0.2, -0.15) is 0 Å². The molecule has 334 valence electrons. The average molecular weight is 1520 g/mol. The van der Waals surface area contributed by atoms with E-state index in [4.69, 9.17) is 4.74 Å². The van der Waals surface area contributed by atoms with Gasteiger partial charge in [-0.05, 0) is 143 Å². The van der Waals surface area contributed by atoms with Gasteiger partial charge in [-0.3, -0.25) is 28.8 Å². The maximum absolute atomic E-state index is 14.8. The van der Waals surface area contributed by atoms with E-state index in [0.717, 1.165) is 9.80 Å². The maximum atomic E-state index is 14.8. The van der Waals surface area contributed by atoms with Crippen molar-refractivity contribution in [2.45, 2.75) is 18.3 Å². The van der Waals surface area contributed by atoms with E-state index in [2.05, 4.69) is 21.3 Å². The molecular weight excluding hydrogens is 1480 g/mol. The Labute approximate surface area is 425 Å². The van der Waals surface area contributed by atoms with Crippen LogP contribution in [-0.4, -0.2) is 181 Å². The highest BCUT2D eigenvalue weighted by atomic mass is 127.